The van der Waals surface area contributed by atoms with Crippen molar-refractivity contribution < 1.29 is 14.4 Å². The normalized spacial score (nSPS) is 19.4. The molecule has 4 amide bonds. The summed E-state index contributed by atoms with van der Waals surface area (Å²) in [6.07, 6.45) is 1.93. The number of benzene rings is 3. The average molecular weight is 572 g/mol. The minimum Gasteiger partial charge on any atom is -0.336 e. The number of nitrogens with zero attached hydrogens (tertiary/aromatic N) is 4. The molecule has 3 aromatic rings. The van der Waals surface area contributed by atoms with Crippen LogP contribution in [0, 0.1) is 0 Å². The average Bonchev–Trinajstić information content (AvgIpc) is 3.00. The van der Waals surface area contributed by atoms with Crippen LogP contribution >= 0.6 is 11.8 Å². The van der Waals surface area contributed by atoms with Gasteiger partial charge >= 0.3 is 6.03 Å². The predicted octanol–water partition coefficient (Wildman–Crippen LogP) is 4.01. The van der Waals surface area contributed by atoms with E-state index in [-0.39, 0.29) is 36.9 Å². The Morgan fingerprint density at radius 1 is 0.927 bits per heavy atom. The Labute approximate surface area is 246 Å². The van der Waals surface area contributed by atoms with Crippen molar-refractivity contribution in [1.29, 1.82) is 0 Å². The van der Waals surface area contributed by atoms with Gasteiger partial charge in [0.2, 0.25) is 11.8 Å². The number of urea groups is 1. The number of fused-ring (bicyclic) bond motifs is 1. The number of rotatable bonds is 9. The van der Waals surface area contributed by atoms with Crippen LogP contribution in [0.5, 0.6) is 0 Å². The number of hydrogen-bond acceptors (Lipinski definition) is 5. The van der Waals surface area contributed by atoms with Gasteiger partial charge in [-0.05, 0) is 35.1 Å². The van der Waals surface area contributed by atoms with E-state index in [4.69, 9.17) is 0 Å². The van der Waals surface area contributed by atoms with Gasteiger partial charge in [-0.3, -0.25) is 9.59 Å². The van der Waals surface area contributed by atoms with Crippen LogP contribution < -0.4 is 5.32 Å². The van der Waals surface area contributed by atoms with E-state index < -0.39 is 12.2 Å². The van der Waals surface area contributed by atoms with Crippen molar-refractivity contribution >= 4 is 29.6 Å². The summed E-state index contributed by atoms with van der Waals surface area (Å²) >= 11 is 1.65. The summed E-state index contributed by atoms with van der Waals surface area (Å²) in [6.45, 7) is 1.09. The van der Waals surface area contributed by atoms with Gasteiger partial charge in [-0.1, -0.05) is 91.0 Å². The maximum absolute atomic E-state index is 14.1. The van der Waals surface area contributed by atoms with Crippen molar-refractivity contribution in [2.75, 3.05) is 38.7 Å². The van der Waals surface area contributed by atoms with Crippen molar-refractivity contribution in [3.8, 4) is 0 Å². The number of carbonyl (C=O) groups is 3. The summed E-state index contributed by atoms with van der Waals surface area (Å²) in [5.74, 6) is 0.491. The molecule has 2 saturated heterocycles. The molecule has 0 spiro atoms. The Kier molecular flexibility index (Phi) is 9.26. The molecule has 0 aromatic heterocycles. The third kappa shape index (κ3) is 6.41. The number of hydrazine groups is 1. The lowest BCUT2D eigenvalue weighted by atomic mass is 9.90. The summed E-state index contributed by atoms with van der Waals surface area (Å²) in [5.41, 5.74) is 3.22. The van der Waals surface area contributed by atoms with Crippen molar-refractivity contribution in [2.24, 2.45) is 0 Å². The molecule has 0 saturated carbocycles. The molecule has 2 aliphatic rings. The Balaban J connectivity index is 1.46. The molecule has 2 fully saturated rings. The maximum atomic E-state index is 14.1. The van der Waals surface area contributed by atoms with E-state index >= 15 is 0 Å². The third-order valence-electron chi connectivity index (χ3n) is 7.84. The summed E-state index contributed by atoms with van der Waals surface area (Å²) in [5, 5.41) is 6.32. The first-order valence-electron chi connectivity index (χ1n) is 14.0. The number of thioether (sulfide) groups is 1. The van der Waals surface area contributed by atoms with Gasteiger partial charge in [-0.15, -0.1) is 0 Å². The number of likely N-dealkylation sites (N-methyl/N-ethyl adjacent to an activating group) is 1. The molecule has 1 N–H and O–H groups in total. The van der Waals surface area contributed by atoms with Crippen molar-refractivity contribution in [1.82, 2.24) is 25.1 Å². The topological polar surface area (TPSA) is 76.2 Å². The SMILES string of the molecule is CSCC[C@H]1C(=O)N(CC(c2ccccc2)c2ccccc2)C[C@H]2N1C(=O)CN(C)N2C(=O)NCc1ccccc1. The fourth-order valence-corrected chi connectivity index (χ4v) is 6.28. The van der Waals surface area contributed by atoms with Crippen molar-refractivity contribution in [2.45, 2.75) is 31.1 Å². The fourth-order valence-electron chi connectivity index (χ4n) is 5.82. The van der Waals surface area contributed by atoms with Crippen LogP contribution in [-0.2, 0) is 16.1 Å². The maximum Gasteiger partial charge on any atom is 0.334 e. The van der Waals surface area contributed by atoms with Gasteiger partial charge in [0, 0.05) is 26.1 Å². The zero-order chi connectivity index (χ0) is 28.8. The number of carbonyl (C=O) groups excluding carboxylic acids is 3. The van der Waals surface area contributed by atoms with E-state index in [9.17, 15) is 14.4 Å². The quantitative estimate of drug-likeness (QED) is 0.420. The molecular formula is C32H37N5O3S. The highest BCUT2D eigenvalue weighted by atomic mass is 32.2. The largest absolute Gasteiger partial charge is 0.336 e. The van der Waals surface area contributed by atoms with Gasteiger partial charge in [0.05, 0.1) is 13.1 Å². The first-order chi connectivity index (χ1) is 20.0. The van der Waals surface area contributed by atoms with Crippen LogP contribution in [0.1, 0.15) is 29.0 Å². The first-order valence-corrected chi connectivity index (χ1v) is 15.4. The van der Waals surface area contributed by atoms with Gasteiger partial charge in [-0.25, -0.2) is 14.8 Å². The highest BCUT2D eigenvalue weighted by Crippen LogP contribution is 2.32. The number of hydrogen-bond donors (Lipinski definition) is 1. The van der Waals surface area contributed by atoms with Crippen LogP contribution in [0.25, 0.3) is 0 Å². The number of piperazine rings is 1. The van der Waals surface area contributed by atoms with Crippen molar-refractivity contribution in [3.63, 3.8) is 0 Å². The molecule has 0 unspecified atom stereocenters. The first kappa shape index (κ1) is 28.7. The van der Waals surface area contributed by atoms with Crippen LogP contribution in [0.2, 0.25) is 0 Å². The van der Waals surface area contributed by atoms with Crippen LogP contribution in [0.4, 0.5) is 4.79 Å². The minimum atomic E-state index is -0.626. The smallest absolute Gasteiger partial charge is 0.334 e. The molecule has 41 heavy (non-hydrogen) atoms. The van der Waals surface area contributed by atoms with Crippen LogP contribution in [0.3, 0.4) is 0 Å². The molecule has 0 aliphatic carbocycles. The van der Waals surface area contributed by atoms with E-state index in [1.54, 1.807) is 33.7 Å². The molecule has 2 aliphatic heterocycles. The van der Waals surface area contributed by atoms with E-state index in [1.807, 2.05) is 77.9 Å². The Morgan fingerprint density at radius 2 is 1.51 bits per heavy atom. The monoisotopic (exact) mass is 571 g/mol. The molecule has 214 valence electrons. The van der Waals surface area contributed by atoms with Crippen molar-refractivity contribution in [3.05, 3.63) is 108 Å². The molecule has 5 rings (SSSR count). The van der Waals surface area contributed by atoms with Gasteiger partial charge in [-0.2, -0.15) is 11.8 Å². The van der Waals surface area contributed by atoms with E-state index in [2.05, 4.69) is 29.6 Å². The molecule has 0 radical (unpaired) electrons. The lowest BCUT2D eigenvalue weighted by molar-refractivity contribution is -0.187. The van der Waals surface area contributed by atoms with E-state index in [0.29, 0.717) is 19.5 Å². The summed E-state index contributed by atoms with van der Waals surface area (Å²) in [4.78, 5) is 44.7. The van der Waals surface area contributed by atoms with E-state index in [1.165, 1.54) is 0 Å². The molecule has 8 nitrogen and oxygen atoms in total. The number of nitrogens with one attached hydrogen (secondary N) is 1. The number of amides is 4. The lowest BCUT2D eigenvalue weighted by Crippen LogP contribution is -2.76. The minimum absolute atomic E-state index is 0.0367. The summed E-state index contributed by atoms with van der Waals surface area (Å²) in [7, 11) is 1.76. The van der Waals surface area contributed by atoms with Gasteiger partial charge in [0.25, 0.3) is 0 Å². The van der Waals surface area contributed by atoms with Crippen LogP contribution in [0.15, 0.2) is 91.0 Å². The molecule has 0 bridgehead atoms. The highest BCUT2D eigenvalue weighted by molar-refractivity contribution is 7.98. The summed E-state index contributed by atoms with van der Waals surface area (Å²) < 4.78 is 0. The van der Waals surface area contributed by atoms with Gasteiger partial charge in [0.15, 0.2) is 0 Å². The summed E-state index contributed by atoms with van der Waals surface area (Å²) in [6, 6.07) is 29.2. The molecule has 2 heterocycles. The Bertz CT molecular complexity index is 1290. The zero-order valence-electron chi connectivity index (χ0n) is 23.6. The molecular weight excluding hydrogens is 534 g/mol. The second-order valence-electron chi connectivity index (χ2n) is 10.5. The third-order valence-corrected chi connectivity index (χ3v) is 8.48. The fraction of sp³-hybridized carbons (Fsp3) is 0.344. The molecule has 3 aromatic carbocycles. The molecule has 2 atom stereocenters. The van der Waals surface area contributed by atoms with Gasteiger partial charge in [0.1, 0.15) is 12.2 Å². The van der Waals surface area contributed by atoms with Gasteiger partial charge < -0.3 is 15.1 Å². The predicted molar refractivity (Wildman–Crippen MR) is 162 cm³/mol. The second-order valence-corrected chi connectivity index (χ2v) is 11.5. The second kappa shape index (κ2) is 13.2. The Morgan fingerprint density at radius 3 is 2.10 bits per heavy atom. The lowest BCUT2D eigenvalue weighted by Gasteiger charge is -2.54. The standard InChI is InChI=1S/C32H37N5O3S/c1-34-23-30(38)36-28(18-19-41-2)31(39)35(21-27(25-14-8-4-9-15-25)26-16-10-5-11-17-26)22-29(36)37(34)32(40)33-20-24-12-6-3-7-13-24/h3-17,27-29H,18-23H2,1-2H3,(H,33,40)/t28-,29-/m0/s1. The molecule has 9 heteroatoms. The highest BCUT2D eigenvalue weighted by Gasteiger charge is 2.50. The van der Waals surface area contributed by atoms with E-state index in [0.717, 1.165) is 22.4 Å². The Hall–Kier alpha value is -3.82. The van der Waals surface area contributed by atoms with Crippen LogP contribution in [-0.4, -0.2) is 88.6 Å². The zero-order valence-corrected chi connectivity index (χ0v) is 24.4.